The Morgan fingerprint density at radius 3 is 2.74 bits per heavy atom. The topological polar surface area (TPSA) is 59.2 Å². The van der Waals surface area contributed by atoms with E-state index >= 15 is 0 Å². The van der Waals surface area contributed by atoms with Crippen molar-refractivity contribution in [3.8, 4) is 0 Å². The number of rotatable bonds is 3. The maximum atomic E-state index is 12.1. The number of H-pyrrole nitrogens is 1. The molecule has 2 aromatic carbocycles. The first-order chi connectivity index (χ1) is 11.0. The summed E-state index contributed by atoms with van der Waals surface area (Å²) in [7, 11) is 0. The highest BCUT2D eigenvalue weighted by Crippen LogP contribution is 2.17. The number of ether oxygens (including phenoxy) is 1. The molecule has 0 aliphatic heterocycles. The molecule has 1 heterocycles. The summed E-state index contributed by atoms with van der Waals surface area (Å²) in [6.07, 6.45) is 0. The molecule has 1 N–H and O–H groups in total. The molecule has 23 heavy (non-hydrogen) atoms. The minimum Gasteiger partial charge on any atom is -0.457 e. The number of benzene rings is 2. The highest BCUT2D eigenvalue weighted by atomic mass is 35.5. The van der Waals surface area contributed by atoms with E-state index in [0.717, 1.165) is 16.5 Å². The molecular weight excluding hydrogens is 314 g/mol. The van der Waals surface area contributed by atoms with E-state index in [2.05, 4.69) is 4.98 Å². The molecular formula is C18H14ClNO3. The van der Waals surface area contributed by atoms with Gasteiger partial charge >= 0.3 is 5.97 Å². The fourth-order valence-electron chi connectivity index (χ4n) is 2.32. The van der Waals surface area contributed by atoms with E-state index in [0.29, 0.717) is 10.6 Å². The zero-order valence-corrected chi connectivity index (χ0v) is 13.2. The maximum absolute atomic E-state index is 12.1. The standard InChI is InChI=1S/C18H14ClNO3/c1-11-6-7-12-9-13(17(21)20-16(12)8-11)10-23-18(22)14-4-2-3-5-15(14)19/h2-9H,10H2,1H3,(H,20,21). The Labute approximate surface area is 137 Å². The van der Waals surface area contributed by atoms with Gasteiger partial charge in [-0.3, -0.25) is 4.79 Å². The quantitative estimate of drug-likeness (QED) is 0.743. The number of halogens is 1. The van der Waals surface area contributed by atoms with Crippen molar-refractivity contribution in [2.75, 3.05) is 0 Å². The number of carbonyl (C=O) groups is 1. The maximum Gasteiger partial charge on any atom is 0.339 e. The van der Waals surface area contributed by atoms with E-state index in [1.807, 2.05) is 25.1 Å². The van der Waals surface area contributed by atoms with Crippen molar-refractivity contribution in [1.29, 1.82) is 0 Å². The minimum atomic E-state index is -0.556. The first kappa shape index (κ1) is 15.3. The Hall–Kier alpha value is -2.59. The van der Waals surface area contributed by atoms with Crippen LogP contribution in [0.3, 0.4) is 0 Å². The second-order valence-electron chi connectivity index (χ2n) is 5.27. The van der Waals surface area contributed by atoms with Gasteiger partial charge in [0.1, 0.15) is 6.61 Å². The zero-order chi connectivity index (χ0) is 16.4. The molecule has 5 heteroatoms. The predicted molar refractivity (Wildman–Crippen MR) is 89.9 cm³/mol. The van der Waals surface area contributed by atoms with Crippen LogP contribution in [0.25, 0.3) is 10.9 Å². The number of aromatic nitrogens is 1. The fourth-order valence-corrected chi connectivity index (χ4v) is 2.53. The summed E-state index contributed by atoms with van der Waals surface area (Å²) in [5, 5.41) is 1.21. The monoisotopic (exact) mass is 327 g/mol. The lowest BCUT2D eigenvalue weighted by Crippen LogP contribution is -2.15. The number of pyridine rings is 1. The van der Waals surface area contributed by atoms with Crippen molar-refractivity contribution >= 4 is 28.5 Å². The van der Waals surface area contributed by atoms with E-state index in [9.17, 15) is 9.59 Å². The van der Waals surface area contributed by atoms with Crippen LogP contribution >= 0.6 is 11.6 Å². The molecule has 0 atom stereocenters. The molecule has 0 spiro atoms. The van der Waals surface area contributed by atoms with Crippen LogP contribution in [0.2, 0.25) is 5.02 Å². The number of carbonyl (C=O) groups excluding carboxylic acids is 1. The van der Waals surface area contributed by atoms with Crippen LogP contribution in [0.1, 0.15) is 21.5 Å². The van der Waals surface area contributed by atoms with E-state index < -0.39 is 5.97 Å². The zero-order valence-electron chi connectivity index (χ0n) is 12.4. The van der Waals surface area contributed by atoms with E-state index in [1.54, 1.807) is 30.3 Å². The van der Waals surface area contributed by atoms with Crippen molar-refractivity contribution in [1.82, 2.24) is 4.98 Å². The first-order valence-corrected chi connectivity index (χ1v) is 7.46. The van der Waals surface area contributed by atoms with Crippen LogP contribution in [-0.2, 0) is 11.3 Å². The highest BCUT2D eigenvalue weighted by molar-refractivity contribution is 6.33. The molecule has 0 aliphatic rings. The molecule has 0 saturated heterocycles. The first-order valence-electron chi connectivity index (χ1n) is 7.09. The largest absolute Gasteiger partial charge is 0.457 e. The number of fused-ring (bicyclic) bond motifs is 1. The van der Waals surface area contributed by atoms with Gasteiger partial charge in [0.15, 0.2) is 0 Å². The van der Waals surface area contributed by atoms with Crippen molar-refractivity contribution in [3.05, 3.63) is 80.6 Å². The number of esters is 1. The molecule has 0 radical (unpaired) electrons. The third-order valence-electron chi connectivity index (χ3n) is 3.53. The summed E-state index contributed by atoms with van der Waals surface area (Å²) in [6.45, 7) is 1.85. The number of aromatic amines is 1. The smallest absolute Gasteiger partial charge is 0.339 e. The number of nitrogens with one attached hydrogen (secondary N) is 1. The SMILES string of the molecule is Cc1ccc2cc(COC(=O)c3ccccc3Cl)c(=O)[nH]c2c1. The summed E-state index contributed by atoms with van der Waals surface area (Å²) in [6, 6.07) is 14.1. The summed E-state index contributed by atoms with van der Waals surface area (Å²) >= 11 is 5.96. The van der Waals surface area contributed by atoms with Gasteiger partial charge in [0.05, 0.1) is 16.1 Å². The third-order valence-corrected chi connectivity index (χ3v) is 3.86. The molecule has 1 aromatic heterocycles. The Morgan fingerprint density at radius 2 is 1.96 bits per heavy atom. The Balaban J connectivity index is 1.83. The molecule has 0 unspecified atom stereocenters. The summed E-state index contributed by atoms with van der Waals surface area (Å²) < 4.78 is 5.21. The van der Waals surface area contributed by atoms with Crippen molar-refractivity contribution in [2.24, 2.45) is 0 Å². The van der Waals surface area contributed by atoms with Crippen molar-refractivity contribution in [2.45, 2.75) is 13.5 Å². The Bertz CT molecular complexity index is 946. The van der Waals surface area contributed by atoms with E-state index in [4.69, 9.17) is 16.3 Å². The minimum absolute atomic E-state index is 0.108. The van der Waals surface area contributed by atoms with Crippen LogP contribution < -0.4 is 5.56 Å². The van der Waals surface area contributed by atoms with Gasteiger partial charge in [-0.15, -0.1) is 0 Å². The van der Waals surface area contributed by atoms with Gasteiger partial charge in [0, 0.05) is 5.52 Å². The van der Waals surface area contributed by atoms with Gasteiger partial charge in [-0.25, -0.2) is 4.79 Å². The van der Waals surface area contributed by atoms with Crippen LogP contribution in [0.15, 0.2) is 53.3 Å². The van der Waals surface area contributed by atoms with Crippen LogP contribution in [0, 0.1) is 6.92 Å². The molecule has 0 fully saturated rings. The lowest BCUT2D eigenvalue weighted by Gasteiger charge is -2.07. The van der Waals surface area contributed by atoms with Crippen LogP contribution in [-0.4, -0.2) is 11.0 Å². The van der Waals surface area contributed by atoms with E-state index in [-0.39, 0.29) is 17.7 Å². The molecule has 0 saturated carbocycles. The molecule has 116 valence electrons. The van der Waals surface area contributed by atoms with Gasteiger partial charge in [0.25, 0.3) is 5.56 Å². The fraction of sp³-hybridized carbons (Fsp3) is 0.111. The molecule has 3 aromatic rings. The van der Waals surface area contributed by atoms with Crippen LogP contribution in [0.5, 0.6) is 0 Å². The van der Waals surface area contributed by atoms with Gasteiger partial charge in [-0.05, 0) is 42.1 Å². The van der Waals surface area contributed by atoms with Crippen molar-refractivity contribution < 1.29 is 9.53 Å². The average Bonchev–Trinajstić information content (AvgIpc) is 2.53. The second-order valence-corrected chi connectivity index (χ2v) is 5.68. The lowest BCUT2D eigenvalue weighted by molar-refractivity contribution is 0.0471. The number of hydrogen-bond acceptors (Lipinski definition) is 3. The second kappa shape index (κ2) is 6.26. The average molecular weight is 328 g/mol. The molecule has 0 amide bonds. The lowest BCUT2D eigenvalue weighted by atomic mass is 10.1. The Morgan fingerprint density at radius 1 is 1.17 bits per heavy atom. The highest BCUT2D eigenvalue weighted by Gasteiger charge is 2.12. The van der Waals surface area contributed by atoms with Crippen molar-refractivity contribution in [3.63, 3.8) is 0 Å². The number of hydrogen-bond donors (Lipinski definition) is 1. The number of aryl methyl sites for hydroxylation is 1. The Kier molecular flexibility index (Phi) is 4.17. The van der Waals surface area contributed by atoms with Gasteiger partial charge in [0.2, 0.25) is 0 Å². The molecule has 4 nitrogen and oxygen atoms in total. The molecule has 3 rings (SSSR count). The van der Waals surface area contributed by atoms with Gasteiger partial charge in [-0.1, -0.05) is 35.9 Å². The summed E-state index contributed by atoms with van der Waals surface area (Å²) in [5.74, 6) is -0.556. The summed E-state index contributed by atoms with van der Waals surface area (Å²) in [4.78, 5) is 26.9. The molecule has 0 aliphatic carbocycles. The van der Waals surface area contributed by atoms with Crippen LogP contribution in [0.4, 0.5) is 0 Å². The van der Waals surface area contributed by atoms with Gasteiger partial charge in [-0.2, -0.15) is 0 Å². The van der Waals surface area contributed by atoms with E-state index in [1.165, 1.54) is 0 Å². The summed E-state index contributed by atoms with van der Waals surface area (Å²) in [5.41, 5.74) is 2.22. The van der Waals surface area contributed by atoms with Gasteiger partial charge < -0.3 is 9.72 Å². The normalized spacial score (nSPS) is 10.7. The predicted octanol–water partition coefficient (Wildman–Crippen LogP) is 3.85. The third kappa shape index (κ3) is 3.27. The molecule has 0 bridgehead atoms.